The summed E-state index contributed by atoms with van der Waals surface area (Å²) in [6, 6.07) is 11.1. The lowest BCUT2D eigenvalue weighted by atomic mass is 10.1. The third kappa shape index (κ3) is 4.52. The molecule has 0 saturated heterocycles. The first-order valence-corrected chi connectivity index (χ1v) is 7.99. The van der Waals surface area contributed by atoms with Crippen LogP contribution in [-0.2, 0) is 11.2 Å². The van der Waals surface area contributed by atoms with Gasteiger partial charge in [0.1, 0.15) is 4.99 Å². The second-order valence-electron chi connectivity index (χ2n) is 4.67. The van der Waals surface area contributed by atoms with E-state index >= 15 is 0 Å². The van der Waals surface area contributed by atoms with Gasteiger partial charge in [-0.25, -0.2) is 0 Å². The normalized spacial score (nSPS) is 11.9. The first-order chi connectivity index (χ1) is 9.95. The zero-order valence-corrected chi connectivity index (χ0v) is 13.8. The highest BCUT2D eigenvalue weighted by atomic mass is 35.5. The maximum absolute atomic E-state index is 12.0. The van der Waals surface area contributed by atoms with Gasteiger partial charge in [-0.05, 0) is 24.6 Å². The lowest BCUT2D eigenvalue weighted by Gasteiger charge is -2.12. The van der Waals surface area contributed by atoms with E-state index in [2.05, 4.69) is 5.32 Å². The SMILES string of the molecule is CC(NC(=O)Cc1ccc(C(N)=S)cc1)c1ccc(Cl)s1. The van der Waals surface area contributed by atoms with E-state index in [0.29, 0.717) is 11.4 Å². The molecule has 1 amide bonds. The summed E-state index contributed by atoms with van der Waals surface area (Å²) in [5.74, 6) is -0.0323. The topological polar surface area (TPSA) is 55.1 Å². The number of thiocarbonyl (C=S) groups is 1. The minimum atomic E-state index is -0.0501. The van der Waals surface area contributed by atoms with Crippen molar-refractivity contribution in [2.75, 3.05) is 0 Å². The van der Waals surface area contributed by atoms with Crippen LogP contribution in [0.4, 0.5) is 0 Å². The molecule has 2 aromatic rings. The van der Waals surface area contributed by atoms with Crippen LogP contribution in [-0.4, -0.2) is 10.9 Å². The van der Waals surface area contributed by atoms with Crippen molar-refractivity contribution < 1.29 is 4.79 Å². The predicted molar refractivity (Wildman–Crippen MR) is 91.9 cm³/mol. The molecule has 1 unspecified atom stereocenters. The second kappa shape index (κ2) is 7.02. The van der Waals surface area contributed by atoms with E-state index in [1.807, 2.05) is 43.3 Å². The first kappa shape index (κ1) is 15.9. The Balaban J connectivity index is 1.93. The van der Waals surface area contributed by atoms with Gasteiger partial charge in [-0.15, -0.1) is 11.3 Å². The third-order valence-electron chi connectivity index (χ3n) is 3.00. The lowest BCUT2D eigenvalue weighted by Crippen LogP contribution is -2.27. The summed E-state index contributed by atoms with van der Waals surface area (Å²) in [5, 5.41) is 2.96. The number of carbonyl (C=O) groups is 1. The highest BCUT2D eigenvalue weighted by Crippen LogP contribution is 2.26. The number of benzene rings is 1. The molecule has 0 bridgehead atoms. The van der Waals surface area contributed by atoms with Gasteiger partial charge < -0.3 is 11.1 Å². The molecule has 0 radical (unpaired) electrons. The summed E-state index contributed by atoms with van der Waals surface area (Å²) in [6.45, 7) is 1.94. The van der Waals surface area contributed by atoms with Gasteiger partial charge in [0.15, 0.2) is 0 Å². The molecule has 21 heavy (non-hydrogen) atoms. The summed E-state index contributed by atoms with van der Waals surface area (Å²) < 4.78 is 0.722. The zero-order chi connectivity index (χ0) is 15.4. The maximum atomic E-state index is 12.0. The molecule has 0 aliphatic carbocycles. The highest BCUT2D eigenvalue weighted by Gasteiger charge is 2.12. The Hall–Kier alpha value is -1.43. The molecule has 0 fully saturated rings. The van der Waals surface area contributed by atoms with Crippen LogP contribution in [0.2, 0.25) is 4.34 Å². The Labute approximate surface area is 138 Å². The Morgan fingerprint density at radius 1 is 1.33 bits per heavy atom. The Morgan fingerprint density at radius 2 is 2.00 bits per heavy atom. The molecule has 0 aliphatic heterocycles. The fourth-order valence-corrected chi connectivity index (χ4v) is 3.10. The molecule has 0 aliphatic rings. The molecule has 1 heterocycles. The van der Waals surface area contributed by atoms with E-state index in [-0.39, 0.29) is 11.9 Å². The van der Waals surface area contributed by atoms with Gasteiger partial charge in [0.25, 0.3) is 0 Å². The molecule has 1 atom stereocenters. The fraction of sp³-hybridized carbons (Fsp3) is 0.200. The largest absolute Gasteiger partial charge is 0.389 e. The number of nitrogens with two attached hydrogens (primary N) is 1. The number of nitrogens with one attached hydrogen (secondary N) is 1. The number of halogens is 1. The van der Waals surface area contributed by atoms with Gasteiger partial charge in [-0.3, -0.25) is 4.79 Å². The number of amides is 1. The van der Waals surface area contributed by atoms with Gasteiger partial charge in [0.05, 0.1) is 16.8 Å². The van der Waals surface area contributed by atoms with Crippen LogP contribution in [0.5, 0.6) is 0 Å². The molecular weight excluding hydrogens is 324 g/mol. The Bertz CT molecular complexity index is 652. The Morgan fingerprint density at radius 3 is 2.52 bits per heavy atom. The van der Waals surface area contributed by atoms with Crippen molar-refractivity contribution in [2.45, 2.75) is 19.4 Å². The van der Waals surface area contributed by atoms with Crippen LogP contribution in [0.15, 0.2) is 36.4 Å². The van der Waals surface area contributed by atoms with Crippen molar-refractivity contribution in [2.24, 2.45) is 5.73 Å². The standard InChI is InChI=1S/C15H15ClN2OS2/c1-9(12-6-7-13(16)21-12)18-14(19)8-10-2-4-11(5-3-10)15(17)20/h2-7,9H,8H2,1H3,(H2,17,20)(H,18,19). The molecule has 2 rings (SSSR count). The van der Waals surface area contributed by atoms with Crippen LogP contribution in [0.3, 0.4) is 0 Å². The number of hydrogen-bond donors (Lipinski definition) is 2. The smallest absolute Gasteiger partial charge is 0.224 e. The van der Waals surface area contributed by atoms with Gasteiger partial charge in [-0.1, -0.05) is 48.1 Å². The Kier molecular flexibility index (Phi) is 5.33. The quantitative estimate of drug-likeness (QED) is 0.821. The van der Waals surface area contributed by atoms with E-state index in [9.17, 15) is 4.79 Å². The molecule has 110 valence electrons. The molecule has 6 heteroatoms. The third-order valence-corrected chi connectivity index (χ3v) is 4.65. The van der Waals surface area contributed by atoms with Gasteiger partial charge in [-0.2, -0.15) is 0 Å². The fourth-order valence-electron chi connectivity index (χ4n) is 1.90. The van der Waals surface area contributed by atoms with Crippen LogP contribution < -0.4 is 11.1 Å². The molecule has 1 aromatic heterocycles. The van der Waals surface area contributed by atoms with Crippen LogP contribution >= 0.6 is 35.2 Å². The monoisotopic (exact) mass is 338 g/mol. The average Bonchev–Trinajstić information content (AvgIpc) is 2.86. The van der Waals surface area contributed by atoms with Crippen molar-refractivity contribution in [1.82, 2.24) is 5.32 Å². The van der Waals surface area contributed by atoms with Crippen molar-refractivity contribution in [1.29, 1.82) is 0 Å². The molecular formula is C15H15ClN2OS2. The maximum Gasteiger partial charge on any atom is 0.224 e. The van der Waals surface area contributed by atoms with Crippen molar-refractivity contribution >= 4 is 46.1 Å². The van der Waals surface area contributed by atoms with Crippen molar-refractivity contribution in [3.63, 3.8) is 0 Å². The second-order valence-corrected chi connectivity index (χ2v) is 6.86. The highest BCUT2D eigenvalue weighted by molar-refractivity contribution is 7.80. The molecule has 0 spiro atoms. The molecule has 3 N–H and O–H groups in total. The van der Waals surface area contributed by atoms with E-state index < -0.39 is 0 Å². The van der Waals surface area contributed by atoms with Crippen LogP contribution in [0.25, 0.3) is 0 Å². The van der Waals surface area contributed by atoms with Gasteiger partial charge in [0.2, 0.25) is 5.91 Å². The molecule has 1 aromatic carbocycles. The van der Waals surface area contributed by atoms with E-state index in [1.165, 1.54) is 11.3 Å². The summed E-state index contributed by atoms with van der Waals surface area (Å²) in [7, 11) is 0. The average molecular weight is 339 g/mol. The van der Waals surface area contributed by atoms with Crippen molar-refractivity contribution in [3.8, 4) is 0 Å². The summed E-state index contributed by atoms with van der Waals surface area (Å²) in [6.07, 6.45) is 0.320. The van der Waals surface area contributed by atoms with Gasteiger partial charge >= 0.3 is 0 Å². The van der Waals surface area contributed by atoms with Crippen LogP contribution in [0.1, 0.15) is 29.0 Å². The summed E-state index contributed by atoms with van der Waals surface area (Å²) in [5.41, 5.74) is 7.26. The van der Waals surface area contributed by atoms with E-state index in [0.717, 1.165) is 20.3 Å². The zero-order valence-electron chi connectivity index (χ0n) is 11.4. The first-order valence-electron chi connectivity index (χ1n) is 6.39. The molecule has 3 nitrogen and oxygen atoms in total. The minimum Gasteiger partial charge on any atom is -0.389 e. The number of thiophene rings is 1. The predicted octanol–water partition coefficient (Wildman–Crippen LogP) is 3.46. The number of carbonyl (C=O) groups excluding carboxylic acids is 1. The summed E-state index contributed by atoms with van der Waals surface area (Å²) >= 11 is 12.3. The summed E-state index contributed by atoms with van der Waals surface area (Å²) in [4.78, 5) is 13.4. The number of rotatable bonds is 5. The molecule has 0 saturated carbocycles. The van der Waals surface area contributed by atoms with Crippen LogP contribution in [0, 0.1) is 0 Å². The van der Waals surface area contributed by atoms with E-state index in [4.69, 9.17) is 29.6 Å². The van der Waals surface area contributed by atoms with Gasteiger partial charge in [0, 0.05) is 10.4 Å². The van der Waals surface area contributed by atoms with E-state index in [1.54, 1.807) is 0 Å². The van der Waals surface area contributed by atoms with Crippen molar-refractivity contribution in [3.05, 3.63) is 56.7 Å². The number of hydrogen-bond acceptors (Lipinski definition) is 3. The lowest BCUT2D eigenvalue weighted by molar-refractivity contribution is -0.121. The minimum absolute atomic E-state index is 0.0323.